The normalized spacial score (nSPS) is 18.7. The lowest BCUT2D eigenvalue weighted by Crippen LogP contribution is -2.70. The highest BCUT2D eigenvalue weighted by Gasteiger charge is 2.54. The smallest absolute Gasteiger partial charge is 0.355 e. The molecule has 200 valence electrons. The fourth-order valence-electron chi connectivity index (χ4n) is 3.78. The number of pyridine rings is 1. The van der Waals surface area contributed by atoms with Crippen molar-refractivity contribution in [3.8, 4) is 5.75 Å². The lowest BCUT2D eigenvalue weighted by atomic mass is 10.0. The van der Waals surface area contributed by atoms with Crippen molar-refractivity contribution < 1.29 is 23.9 Å². The summed E-state index contributed by atoms with van der Waals surface area (Å²) < 4.78 is 10.7. The Kier molecular flexibility index (Phi) is 9.89. The summed E-state index contributed by atoms with van der Waals surface area (Å²) in [5.41, 5.74) is 1.56. The molecule has 2 amide bonds. The minimum Gasteiger partial charge on any atom is -0.497 e. The Balaban J connectivity index is 1.41. The molecule has 0 saturated carbocycles. The monoisotopic (exact) mass is 613 g/mol. The first-order valence-corrected chi connectivity index (χ1v) is 14.6. The van der Waals surface area contributed by atoms with E-state index in [4.69, 9.17) is 44.3 Å². The number of nitrogens with zero attached hydrogens (tertiary/aromatic N) is 2. The van der Waals surface area contributed by atoms with Gasteiger partial charge in [-0.1, -0.05) is 47.5 Å². The van der Waals surface area contributed by atoms with Gasteiger partial charge in [-0.2, -0.15) is 0 Å². The van der Waals surface area contributed by atoms with E-state index in [0.29, 0.717) is 22.0 Å². The Hall–Kier alpha value is -2.37. The quantitative estimate of drug-likeness (QED) is 0.135. The summed E-state index contributed by atoms with van der Waals surface area (Å²) in [6.45, 7) is 0.0269. The molecule has 8 nitrogen and oxygen atoms in total. The van der Waals surface area contributed by atoms with Crippen molar-refractivity contribution >= 4 is 76.1 Å². The maximum Gasteiger partial charge on any atom is 0.355 e. The van der Waals surface area contributed by atoms with Crippen molar-refractivity contribution in [1.29, 1.82) is 0 Å². The molecule has 38 heavy (non-hydrogen) atoms. The molecular weight excluding hydrogens is 593 g/mol. The molecule has 1 aromatic carbocycles. The molecule has 3 heterocycles. The zero-order valence-electron chi connectivity index (χ0n) is 20.0. The zero-order valence-corrected chi connectivity index (χ0v) is 23.9. The molecule has 1 fully saturated rings. The van der Waals surface area contributed by atoms with E-state index in [1.54, 1.807) is 55.7 Å². The first-order chi connectivity index (χ1) is 18.3. The number of benzene rings is 1. The molecule has 0 aliphatic carbocycles. The Labute approximate surface area is 243 Å². The third-order valence-electron chi connectivity index (χ3n) is 5.55. The van der Waals surface area contributed by atoms with Crippen LogP contribution in [0.25, 0.3) is 0 Å². The first kappa shape index (κ1) is 28.6. The van der Waals surface area contributed by atoms with Crippen LogP contribution in [-0.2, 0) is 25.7 Å². The van der Waals surface area contributed by atoms with Gasteiger partial charge in [0.1, 0.15) is 39.8 Å². The summed E-state index contributed by atoms with van der Waals surface area (Å²) in [5, 5.41) is 2.79. The van der Waals surface area contributed by atoms with Crippen LogP contribution in [0, 0.1) is 0 Å². The standard InChI is InChI=1S/C25H22Cl3N3O5S2/c1-35-16-6-4-14(5-7-16)11-36-25(34)22-15(3-2-8-26)12-38-24-21(23(33)31(22)24)30-20(32)13-37-17-9-18(27)29-19(28)10-17/h2-7,9-10,21,24H,8,11-13H2,1H3,(H,30,32)/t21-,24-/m1/s1. The van der Waals surface area contributed by atoms with Crippen LogP contribution < -0.4 is 10.1 Å². The number of β-lactam (4-membered cyclic amide) rings is 1. The number of thioether (sulfide) groups is 2. The van der Waals surface area contributed by atoms with Gasteiger partial charge in [0.25, 0.3) is 5.91 Å². The predicted molar refractivity (Wildman–Crippen MR) is 150 cm³/mol. The SMILES string of the molecule is COc1ccc(COC(=O)C2=C(C=CCCl)CS[C@@H]3[C@H](NC(=O)CSc4cc(Cl)nc(Cl)c4)C(=O)N23)cc1. The number of allylic oxidation sites excluding steroid dienone is 2. The van der Waals surface area contributed by atoms with E-state index in [2.05, 4.69) is 10.3 Å². The summed E-state index contributed by atoms with van der Waals surface area (Å²) in [7, 11) is 1.57. The molecule has 13 heteroatoms. The molecule has 1 N–H and O–H groups in total. The van der Waals surface area contributed by atoms with Crippen LogP contribution in [-0.4, -0.2) is 63.6 Å². The number of nitrogens with one attached hydrogen (secondary N) is 1. The van der Waals surface area contributed by atoms with E-state index < -0.39 is 17.4 Å². The third-order valence-corrected chi connectivity index (χ3v) is 8.39. The van der Waals surface area contributed by atoms with Gasteiger partial charge < -0.3 is 14.8 Å². The Morgan fingerprint density at radius 3 is 2.61 bits per heavy atom. The number of carbonyl (C=O) groups is 3. The highest BCUT2D eigenvalue weighted by atomic mass is 35.5. The summed E-state index contributed by atoms with van der Waals surface area (Å²) in [6.07, 6.45) is 3.42. The summed E-state index contributed by atoms with van der Waals surface area (Å²) >= 11 is 20.3. The lowest BCUT2D eigenvalue weighted by molar-refractivity contribution is -0.153. The lowest BCUT2D eigenvalue weighted by Gasteiger charge is -2.49. The van der Waals surface area contributed by atoms with Crippen LogP contribution in [0.1, 0.15) is 5.56 Å². The Morgan fingerprint density at radius 2 is 1.95 bits per heavy atom. The maximum absolute atomic E-state index is 13.2. The number of methoxy groups -OCH3 is 1. The molecule has 0 unspecified atom stereocenters. The number of hydrogen-bond acceptors (Lipinski definition) is 8. The second-order valence-electron chi connectivity index (χ2n) is 8.05. The van der Waals surface area contributed by atoms with Crippen LogP contribution in [0.3, 0.4) is 0 Å². The van der Waals surface area contributed by atoms with E-state index in [1.807, 2.05) is 0 Å². The summed E-state index contributed by atoms with van der Waals surface area (Å²) in [5.74, 6) is 0.0963. The Bertz CT molecular complexity index is 1270. The fraction of sp³-hybridized carbons (Fsp3) is 0.280. The number of amides is 2. The van der Waals surface area contributed by atoms with Crippen molar-refractivity contribution in [1.82, 2.24) is 15.2 Å². The average molecular weight is 615 g/mol. The van der Waals surface area contributed by atoms with Gasteiger partial charge in [0, 0.05) is 16.5 Å². The molecular formula is C25H22Cl3N3O5S2. The van der Waals surface area contributed by atoms with Crippen LogP contribution >= 0.6 is 58.3 Å². The minimum absolute atomic E-state index is 0.0269. The molecule has 0 radical (unpaired) electrons. The fourth-order valence-corrected chi connectivity index (χ4v) is 6.54. The number of rotatable bonds is 10. The average Bonchev–Trinajstić information content (AvgIpc) is 2.91. The molecule has 4 rings (SSSR count). The topological polar surface area (TPSA) is 97.8 Å². The van der Waals surface area contributed by atoms with E-state index >= 15 is 0 Å². The highest BCUT2D eigenvalue weighted by Crippen LogP contribution is 2.41. The molecule has 2 aromatic rings. The van der Waals surface area contributed by atoms with Crippen molar-refractivity contribution in [2.24, 2.45) is 0 Å². The van der Waals surface area contributed by atoms with E-state index in [1.165, 1.54) is 28.4 Å². The van der Waals surface area contributed by atoms with Gasteiger partial charge >= 0.3 is 5.97 Å². The van der Waals surface area contributed by atoms with Crippen LogP contribution in [0.15, 0.2) is 64.7 Å². The summed E-state index contributed by atoms with van der Waals surface area (Å²) in [6, 6.07) is 9.56. The van der Waals surface area contributed by atoms with E-state index in [9.17, 15) is 14.4 Å². The molecule has 0 bridgehead atoms. The first-order valence-electron chi connectivity index (χ1n) is 11.3. The second kappa shape index (κ2) is 13.1. The predicted octanol–water partition coefficient (Wildman–Crippen LogP) is 4.68. The molecule has 1 saturated heterocycles. The zero-order chi connectivity index (χ0) is 27.2. The number of ether oxygens (including phenoxy) is 2. The Morgan fingerprint density at radius 1 is 1.24 bits per heavy atom. The van der Waals surface area contributed by atoms with Gasteiger partial charge in [-0.05, 0) is 35.4 Å². The molecule has 1 aromatic heterocycles. The van der Waals surface area contributed by atoms with Crippen molar-refractivity contribution in [3.05, 3.63) is 75.7 Å². The number of esters is 1. The number of alkyl halides is 1. The minimum atomic E-state index is -0.763. The molecule has 2 aliphatic heterocycles. The van der Waals surface area contributed by atoms with Crippen molar-refractivity contribution in [2.75, 3.05) is 24.5 Å². The number of aromatic nitrogens is 1. The van der Waals surface area contributed by atoms with Gasteiger partial charge in [-0.15, -0.1) is 35.1 Å². The van der Waals surface area contributed by atoms with E-state index in [0.717, 1.165) is 5.56 Å². The number of hydrogen-bond donors (Lipinski definition) is 1. The van der Waals surface area contributed by atoms with Gasteiger partial charge in [0.15, 0.2) is 0 Å². The van der Waals surface area contributed by atoms with Crippen LogP contribution in [0.5, 0.6) is 5.75 Å². The largest absolute Gasteiger partial charge is 0.497 e. The van der Waals surface area contributed by atoms with Crippen LogP contribution in [0.4, 0.5) is 0 Å². The van der Waals surface area contributed by atoms with Crippen molar-refractivity contribution in [3.63, 3.8) is 0 Å². The van der Waals surface area contributed by atoms with Gasteiger partial charge in [-0.25, -0.2) is 9.78 Å². The highest BCUT2D eigenvalue weighted by molar-refractivity contribution is 8.00. The number of fused-ring (bicyclic) bond motifs is 1. The molecule has 0 spiro atoms. The van der Waals surface area contributed by atoms with E-state index in [-0.39, 0.29) is 46.1 Å². The summed E-state index contributed by atoms with van der Waals surface area (Å²) in [4.78, 5) is 44.8. The number of halogens is 3. The second-order valence-corrected chi connectivity index (χ2v) is 11.3. The molecule has 2 atom stereocenters. The number of carbonyl (C=O) groups excluding carboxylic acids is 3. The van der Waals surface area contributed by atoms with Crippen LogP contribution in [0.2, 0.25) is 10.3 Å². The third kappa shape index (κ3) is 6.79. The molecule has 2 aliphatic rings. The maximum atomic E-state index is 13.2. The van der Waals surface area contributed by atoms with Gasteiger partial charge in [-0.3, -0.25) is 14.5 Å². The van der Waals surface area contributed by atoms with Gasteiger partial charge in [0.05, 0.1) is 12.9 Å². The van der Waals surface area contributed by atoms with Crippen molar-refractivity contribution in [2.45, 2.75) is 22.9 Å². The van der Waals surface area contributed by atoms with Gasteiger partial charge in [0.2, 0.25) is 5.91 Å².